The van der Waals surface area contributed by atoms with Crippen LogP contribution in [0.15, 0.2) is 22.1 Å². The first-order valence-corrected chi connectivity index (χ1v) is 7.22. The second kappa shape index (κ2) is 4.48. The summed E-state index contributed by atoms with van der Waals surface area (Å²) < 4.78 is 1.10. The van der Waals surface area contributed by atoms with E-state index in [1.807, 2.05) is 18.3 Å². The summed E-state index contributed by atoms with van der Waals surface area (Å²) in [7, 11) is 0. The number of hydrogen-bond acceptors (Lipinski definition) is 4. The van der Waals surface area contributed by atoms with E-state index in [0.29, 0.717) is 0 Å². The number of halogens is 1. The van der Waals surface area contributed by atoms with Crippen LogP contribution >= 0.6 is 27.3 Å². The topological polar surface area (TPSA) is 51.8 Å². The molecule has 0 amide bonds. The monoisotopic (exact) mass is 309 g/mol. The van der Waals surface area contributed by atoms with Crippen LogP contribution in [0.25, 0.3) is 10.7 Å². The maximum absolute atomic E-state index is 6.05. The van der Waals surface area contributed by atoms with Crippen molar-refractivity contribution in [1.82, 2.24) is 9.97 Å². The van der Waals surface area contributed by atoms with E-state index in [9.17, 15) is 0 Å². The van der Waals surface area contributed by atoms with E-state index in [2.05, 4.69) is 25.9 Å². The molecule has 3 nitrogen and oxygen atoms in total. The molecular formula is C12H12BrN3S. The lowest BCUT2D eigenvalue weighted by atomic mass is 9.93. The first-order valence-electron chi connectivity index (χ1n) is 5.61. The Hall–Kier alpha value is -0.780. The zero-order valence-corrected chi connectivity index (χ0v) is 11.6. The Morgan fingerprint density at radius 2 is 2.29 bits per heavy atom. The normalized spacial score (nSPS) is 19.1. The highest BCUT2D eigenvalue weighted by Crippen LogP contribution is 2.31. The third-order valence-corrected chi connectivity index (χ3v) is 4.64. The van der Waals surface area contributed by atoms with Gasteiger partial charge in [-0.1, -0.05) is 0 Å². The Balaban J connectivity index is 2.03. The lowest BCUT2D eigenvalue weighted by Gasteiger charge is -2.20. The molecule has 17 heavy (non-hydrogen) atoms. The van der Waals surface area contributed by atoms with E-state index in [0.717, 1.165) is 45.0 Å². The van der Waals surface area contributed by atoms with Gasteiger partial charge in [0, 0.05) is 23.5 Å². The maximum Gasteiger partial charge on any atom is 0.169 e. The lowest BCUT2D eigenvalue weighted by molar-refractivity contribution is 0.557. The van der Waals surface area contributed by atoms with Gasteiger partial charge in [-0.25, -0.2) is 9.97 Å². The van der Waals surface area contributed by atoms with Crippen molar-refractivity contribution in [3.05, 3.63) is 33.4 Å². The molecule has 3 rings (SSSR count). The Labute approximate surface area is 112 Å². The van der Waals surface area contributed by atoms with Gasteiger partial charge >= 0.3 is 0 Å². The van der Waals surface area contributed by atoms with Crippen molar-refractivity contribution in [2.45, 2.75) is 25.3 Å². The second-order valence-electron chi connectivity index (χ2n) is 4.20. The van der Waals surface area contributed by atoms with Gasteiger partial charge < -0.3 is 5.73 Å². The summed E-state index contributed by atoms with van der Waals surface area (Å²) in [4.78, 5) is 10.2. The smallest absolute Gasteiger partial charge is 0.169 e. The van der Waals surface area contributed by atoms with E-state index >= 15 is 0 Å². The van der Waals surface area contributed by atoms with Crippen LogP contribution in [0, 0.1) is 0 Å². The van der Waals surface area contributed by atoms with Gasteiger partial charge in [0.05, 0.1) is 8.66 Å². The van der Waals surface area contributed by atoms with Crippen molar-refractivity contribution >= 4 is 27.3 Å². The Kier molecular flexibility index (Phi) is 2.98. The quantitative estimate of drug-likeness (QED) is 0.879. The molecule has 2 N–H and O–H groups in total. The van der Waals surface area contributed by atoms with Gasteiger partial charge in [0.2, 0.25) is 0 Å². The summed E-state index contributed by atoms with van der Waals surface area (Å²) >= 11 is 5.11. The van der Waals surface area contributed by atoms with Crippen molar-refractivity contribution in [2.75, 3.05) is 0 Å². The van der Waals surface area contributed by atoms with Gasteiger partial charge in [0.1, 0.15) is 0 Å². The minimum atomic E-state index is 0.114. The van der Waals surface area contributed by atoms with Crippen LogP contribution in [0.5, 0.6) is 0 Å². The largest absolute Gasteiger partial charge is 0.324 e. The summed E-state index contributed by atoms with van der Waals surface area (Å²) in [6, 6.07) is 4.18. The molecule has 0 aromatic carbocycles. The predicted octanol–water partition coefficient (Wildman–Crippen LogP) is 3.30. The maximum atomic E-state index is 6.05. The molecule has 1 aliphatic rings. The van der Waals surface area contributed by atoms with Crippen LogP contribution in [0.2, 0.25) is 0 Å². The number of hydrogen-bond donors (Lipinski definition) is 1. The molecule has 1 aliphatic carbocycles. The van der Waals surface area contributed by atoms with Crippen LogP contribution in [0.4, 0.5) is 0 Å². The zero-order chi connectivity index (χ0) is 11.8. The first-order chi connectivity index (χ1) is 8.24. The molecular weight excluding hydrogens is 298 g/mol. The summed E-state index contributed by atoms with van der Waals surface area (Å²) in [5, 5.41) is 0. The van der Waals surface area contributed by atoms with E-state index < -0.39 is 0 Å². The van der Waals surface area contributed by atoms with Gasteiger partial charge in [-0.2, -0.15) is 0 Å². The number of thiophene rings is 1. The Morgan fingerprint density at radius 3 is 3.06 bits per heavy atom. The molecule has 2 aromatic heterocycles. The third kappa shape index (κ3) is 2.14. The van der Waals surface area contributed by atoms with Crippen LogP contribution in [-0.2, 0) is 6.42 Å². The van der Waals surface area contributed by atoms with Crippen LogP contribution in [0.1, 0.15) is 30.1 Å². The number of rotatable bonds is 1. The highest BCUT2D eigenvalue weighted by atomic mass is 79.9. The average Bonchev–Trinajstić information content (AvgIpc) is 2.76. The van der Waals surface area contributed by atoms with Gasteiger partial charge in [0.25, 0.3) is 0 Å². The molecule has 0 bridgehead atoms. The van der Waals surface area contributed by atoms with Crippen LogP contribution in [-0.4, -0.2) is 9.97 Å². The molecule has 5 heteroatoms. The minimum Gasteiger partial charge on any atom is -0.324 e. The summed E-state index contributed by atoms with van der Waals surface area (Å²) in [6.07, 6.45) is 5.08. The molecule has 0 saturated heterocycles. The SMILES string of the molecule is NC1CCCc2nc(-c3ccc(Br)s3)ncc21. The first kappa shape index (κ1) is 11.3. The van der Waals surface area contributed by atoms with Crippen LogP contribution in [0.3, 0.4) is 0 Å². The lowest BCUT2D eigenvalue weighted by Crippen LogP contribution is -2.19. The van der Waals surface area contributed by atoms with Crippen molar-refractivity contribution in [2.24, 2.45) is 5.73 Å². The number of aromatic nitrogens is 2. The fourth-order valence-corrected chi connectivity index (χ4v) is 3.46. The predicted molar refractivity (Wildman–Crippen MR) is 72.9 cm³/mol. The summed E-state index contributed by atoms with van der Waals surface area (Å²) in [5.74, 6) is 0.813. The fraction of sp³-hybridized carbons (Fsp3) is 0.333. The van der Waals surface area contributed by atoms with Gasteiger partial charge in [-0.3, -0.25) is 0 Å². The molecule has 0 saturated carbocycles. The second-order valence-corrected chi connectivity index (χ2v) is 6.66. The van der Waals surface area contributed by atoms with E-state index in [4.69, 9.17) is 5.73 Å². The van der Waals surface area contributed by atoms with Crippen molar-refractivity contribution in [3.63, 3.8) is 0 Å². The zero-order valence-electron chi connectivity index (χ0n) is 9.19. The summed E-state index contributed by atoms with van der Waals surface area (Å²) in [5.41, 5.74) is 8.30. The Bertz CT molecular complexity index is 552. The minimum absolute atomic E-state index is 0.114. The molecule has 1 unspecified atom stereocenters. The van der Waals surface area contributed by atoms with E-state index in [-0.39, 0.29) is 6.04 Å². The highest BCUT2D eigenvalue weighted by molar-refractivity contribution is 9.11. The third-order valence-electron chi connectivity index (χ3n) is 3.02. The average molecular weight is 310 g/mol. The number of fused-ring (bicyclic) bond motifs is 1. The van der Waals surface area contributed by atoms with Gasteiger partial charge in [-0.05, 0) is 47.3 Å². The van der Waals surface area contributed by atoms with E-state index in [1.54, 1.807) is 11.3 Å². The van der Waals surface area contributed by atoms with E-state index in [1.165, 1.54) is 0 Å². The molecule has 0 radical (unpaired) electrons. The number of aryl methyl sites for hydroxylation is 1. The molecule has 0 aliphatic heterocycles. The van der Waals surface area contributed by atoms with Crippen molar-refractivity contribution < 1.29 is 0 Å². The Morgan fingerprint density at radius 1 is 1.41 bits per heavy atom. The van der Waals surface area contributed by atoms with Gasteiger partial charge in [-0.15, -0.1) is 11.3 Å². The molecule has 2 heterocycles. The summed E-state index contributed by atoms with van der Waals surface area (Å²) in [6.45, 7) is 0. The molecule has 88 valence electrons. The molecule has 0 fully saturated rings. The molecule has 1 atom stereocenters. The number of nitrogens with two attached hydrogens (primary N) is 1. The molecule has 0 spiro atoms. The molecule has 2 aromatic rings. The van der Waals surface area contributed by atoms with Crippen molar-refractivity contribution in [1.29, 1.82) is 0 Å². The van der Waals surface area contributed by atoms with Crippen molar-refractivity contribution in [3.8, 4) is 10.7 Å². The van der Waals surface area contributed by atoms with Gasteiger partial charge in [0.15, 0.2) is 5.82 Å². The number of nitrogens with zero attached hydrogens (tertiary/aromatic N) is 2. The standard InChI is InChI=1S/C12H12BrN3S/c13-11-5-4-10(17-11)12-15-6-7-8(14)2-1-3-9(7)16-12/h4-6,8H,1-3,14H2. The van der Waals surface area contributed by atoms with Crippen LogP contribution < -0.4 is 5.73 Å². The fourth-order valence-electron chi connectivity index (χ4n) is 2.13. The highest BCUT2D eigenvalue weighted by Gasteiger charge is 2.19.